The predicted molar refractivity (Wildman–Crippen MR) is 79.8 cm³/mol. The Hall–Kier alpha value is -1.26. The fourth-order valence-electron chi connectivity index (χ4n) is 2.17. The van der Waals surface area contributed by atoms with Crippen molar-refractivity contribution in [3.8, 4) is 0 Å². The van der Waals surface area contributed by atoms with E-state index >= 15 is 0 Å². The summed E-state index contributed by atoms with van der Waals surface area (Å²) in [5.41, 5.74) is 1.25. The molecule has 19 heavy (non-hydrogen) atoms. The van der Waals surface area contributed by atoms with Gasteiger partial charge in [-0.1, -0.05) is 30.3 Å². The fraction of sp³-hybridized carbons (Fsp3) is 0.500. The zero-order valence-electron chi connectivity index (χ0n) is 11.0. The van der Waals surface area contributed by atoms with Crippen molar-refractivity contribution in [3.05, 3.63) is 35.9 Å². The first kappa shape index (κ1) is 15.8. The second-order valence-corrected chi connectivity index (χ2v) is 4.67. The first-order valence-electron chi connectivity index (χ1n) is 6.63. The quantitative estimate of drug-likeness (QED) is 0.770. The van der Waals surface area contributed by atoms with E-state index in [1.807, 2.05) is 18.2 Å². The van der Waals surface area contributed by atoms with Gasteiger partial charge < -0.3 is 16.0 Å². The molecule has 0 aliphatic carbocycles. The Morgan fingerprint density at radius 3 is 2.74 bits per heavy atom. The number of rotatable bonds is 5. The molecule has 0 saturated carbocycles. The Balaban J connectivity index is 0.00000180. The Labute approximate surface area is 120 Å². The molecule has 1 aromatic rings. The summed E-state index contributed by atoms with van der Waals surface area (Å²) < 4.78 is 0. The third-order valence-electron chi connectivity index (χ3n) is 3.21. The molecule has 5 heteroatoms. The standard InChI is InChI=1S/C14H21N3O.ClH/c18-14(17-11-13-7-4-9-15-13)16-10-8-12-5-2-1-3-6-12;/h1-3,5-6,13,15H,4,7-11H2,(H2,16,17,18);1H/t13-;/m1./s1. The van der Waals surface area contributed by atoms with Crippen molar-refractivity contribution in [3.63, 3.8) is 0 Å². The van der Waals surface area contributed by atoms with Crippen molar-refractivity contribution in [2.24, 2.45) is 0 Å². The van der Waals surface area contributed by atoms with Gasteiger partial charge >= 0.3 is 6.03 Å². The number of urea groups is 1. The second-order valence-electron chi connectivity index (χ2n) is 4.67. The van der Waals surface area contributed by atoms with E-state index in [9.17, 15) is 4.79 Å². The number of hydrogen-bond acceptors (Lipinski definition) is 2. The molecule has 0 unspecified atom stereocenters. The van der Waals surface area contributed by atoms with Crippen molar-refractivity contribution in [2.45, 2.75) is 25.3 Å². The van der Waals surface area contributed by atoms with Gasteiger partial charge in [0.2, 0.25) is 0 Å². The molecule has 106 valence electrons. The molecule has 0 bridgehead atoms. The molecule has 1 fully saturated rings. The molecule has 1 aliphatic rings. The lowest BCUT2D eigenvalue weighted by atomic mass is 10.1. The molecule has 1 aliphatic heterocycles. The van der Waals surface area contributed by atoms with E-state index in [0.29, 0.717) is 12.6 Å². The Morgan fingerprint density at radius 2 is 2.05 bits per heavy atom. The lowest BCUT2D eigenvalue weighted by Crippen LogP contribution is -2.42. The molecule has 1 heterocycles. The lowest BCUT2D eigenvalue weighted by Gasteiger charge is -2.12. The van der Waals surface area contributed by atoms with Crippen LogP contribution in [0.5, 0.6) is 0 Å². The maximum atomic E-state index is 11.5. The highest BCUT2D eigenvalue weighted by atomic mass is 35.5. The second kappa shape index (κ2) is 8.77. The van der Waals surface area contributed by atoms with Gasteiger partial charge in [0.15, 0.2) is 0 Å². The molecule has 3 N–H and O–H groups in total. The number of carbonyl (C=O) groups is 1. The van der Waals surface area contributed by atoms with Crippen LogP contribution in [0.25, 0.3) is 0 Å². The number of hydrogen-bond donors (Lipinski definition) is 3. The van der Waals surface area contributed by atoms with E-state index in [-0.39, 0.29) is 18.4 Å². The van der Waals surface area contributed by atoms with Crippen molar-refractivity contribution in [1.82, 2.24) is 16.0 Å². The minimum Gasteiger partial charge on any atom is -0.338 e. The molecule has 4 nitrogen and oxygen atoms in total. The predicted octanol–water partition coefficient (Wildman–Crippen LogP) is 1.70. The average molecular weight is 284 g/mol. The fourth-order valence-corrected chi connectivity index (χ4v) is 2.17. The minimum atomic E-state index is -0.0698. The van der Waals surface area contributed by atoms with E-state index in [2.05, 4.69) is 28.1 Å². The molecule has 0 radical (unpaired) electrons. The van der Waals surface area contributed by atoms with Crippen LogP contribution in [-0.4, -0.2) is 31.7 Å². The summed E-state index contributed by atoms with van der Waals surface area (Å²) in [6.07, 6.45) is 3.24. The zero-order chi connectivity index (χ0) is 12.6. The molecule has 2 amide bonds. The Bertz CT molecular complexity index is 366. The Kier molecular flexibility index (Phi) is 7.30. The number of benzene rings is 1. The van der Waals surface area contributed by atoms with Crippen LogP contribution in [0.4, 0.5) is 4.79 Å². The maximum Gasteiger partial charge on any atom is 0.314 e. The van der Waals surface area contributed by atoms with Gasteiger partial charge in [0.05, 0.1) is 0 Å². The van der Waals surface area contributed by atoms with Crippen LogP contribution in [-0.2, 0) is 6.42 Å². The van der Waals surface area contributed by atoms with Gasteiger partial charge in [-0.3, -0.25) is 0 Å². The summed E-state index contributed by atoms with van der Waals surface area (Å²) in [7, 11) is 0. The van der Waals surface area contributed by atoms with Crippen LogP contribution in [0.15, 0.2) is 30.3 Å². The highest BCUT2D eigenvalue weighted by Gasteiger charge is 2.14. The number of nitrogens with one attached hydrogen (secondary N) is 3. The molecule has 0 aromatic heterocycles. The van der Waals surface area contributed by atoms with E-state index < -0.39 is 0 Å². The highest BCUT2D eigenvalue weighted by molar-refractivity contribution is 5.85. The van der Waals surface area contributed by atoms with Gasteiger partial charge in [-0.2, -0.15) is 0 Å². The Morgan fingerprint density at radius 1 is 1.26 bits per heavy atom. The monoisotopic (exact) mass is 283 g/mol. The molecular formula is C14H22ClN3O. The van der Waals surface area contributed by atoms with Crippen LogP contribution in [0.2, 0.25) is 0 Å². The summed E-state index contributed by atoms with van der Waals surface area (Å²) in [6.45, 7) is 2.47. The van der Waals surface area contributed by atoms with Gasteiger partial charge in [0.25, 0.3) is 0 Å². The lowest BCUT2D eigenvalue weighted by molar-refractivity contribution is 0.240. The summed E-state index contributed by atoms with van der Waals surface area (Å²) in [5, 5.41) is 9.13. The topological polar surface area (TPSA) is 53.2 Å². The third-order valence-corrected chi connectivity index (χ3v) is 3.21. The number of halogens is 1. The van der Waals surface area contributed by atoms with Gasteiger partial charge in [0, 0.05) is 19.1 Å². The molecule has 1 saturated heterocycles. The average Bonchev–Trinajstić information content (AvgIpc) is 2.91. The van der Waals surface area contributed by atoms with Crippen molar-refractivity contribution >= 4 is 18.4 Å². The van der Waals surface area contributed by atoms with Crippen LogP contribution in [0.3, 0.4) is 0 Å². The smallest absolute Gasteiger partial charge is 0.314 e. The number of amides is 2. The summed E-state index contributed by atoms with van der Waals surface area (Å²) in [6, 6.07) is 10.6. The van der Waals surface area contributed by atoms with E-state index in [1.54, 1.807) is 0 Å². The highest BCUT2D eigenvalue weighted by Crippen LogP contribution is 2.02. The van der Waals surface area contributed by atoms with Crippen LogP contribution in [0.1, 0.15) is 18.4 Å². The van der Waals surface area contributed by atoms with Gasteiger partial charge in [-0.05, 0) is 31.4 Å². The first-order valence-corrected chi connectivity index (χ1v) is 6.63. The maximum absolute atomic E-state index is 11.5. The largest absolute Gasteiger partial charge is 0.338 e. The van der Waals surface area contributed by atoms with Crippen molar-refractivity contribution < 1.29 is 4.79 Å². The molecule has 0 spiro atoms. The SMILES string of the molecule is Cl.O=C(NCCc1ccccc1)NC[C@H]1CCCN1. The molecule has 1 aromatic carbocycles. The van der Waals surface area contributed by atoms with Crippen LogP contribution < -0.4 is 16.0 Å². The van der Waals surface area contributed by atoms with Crippen molar-refractivity contribution in [2.75, 3.05) is 19.6 Å². The van der Waals surface area contributed by atoms with Crippen LogP contribution in [0, 0.1) is 0 Å². The third kappa shape index (κ3) is 5.94. The van der Waals surface area contributed by atoms with Crippen molar-refractivity contribution in [1.29, 1.82) is 0 Å². The van der Waals surface area contributed by atoms with Gasteiger partial charge in [-0.15, -0.1) is 12.4 Å². The molecule has 2 rings (SSSR count). The minimum absolute atomic E-state index is 0. The zero-order valence-corrected chi connectivity index (χ0v) is 11.8. The first-order chi connectivity index (χ1) is 8.84. The summed E-state index contributed by atoms with van der Waals surface area (Å²) >= 11 is 0. The summed E-state index contributed by atoms with van der Waals surface area (Å²) in [5.74, 6) is 0. The summed E-state index contributed by atoms with van der Waals surface area (Å²) in [4.78, 5) is 11.5. The van der Waals surface area contributed by atoms with Gasteiger partial charge in [0.1, 0.15) is 0 Å². The normalized spacial score (nSPS) is 17.6. The van der Waals surface area contributed by atoms with E-state index in [0.717, 1.165) is 25.9 Å². The molecular weight excluding hydrogens is 262 g/mol. The van der Waals surface area contributed by atoms with Crippen LogP contribution >= 0.6 is 12.4 Å². The number of carbonyl (C=O) groups excluding carboxylic acids is 1. The van der Waals surface area contributed by atoms with E-state index in [4.69, 9.17) is 0 Å². The van der Waals surface area contributed by atoms with Gasteiger partial charge in [-0.25, -0.2) is 4.79 Å². The van der Waals surface area contributed by atoms with E-state index in [1.165, 1.54) is 12.0 Å². The molecule has 1 atom stereocenters.